The quantitative estimate of drug-likeness (QED) is 0.177. The van der Waals surface area contributed by atoms with Gasteiger partial charge in [0.05, 0.1) is 22.1 Å². The van der Waals surface area contributed by atoms with E-state index in [0.29, 0.717) is 17.6 Å². The molecule has 10 aromatic rings. The van der Waals surface area contributed by atoms with Crippen molar-refractivity contribution < 1.29 is 0 Å². The molecule has 3 heterocycles. The number of para-hydroxylation sites is 4. The summed E-state index contributed by atoms with van der Waals surface area (Å²) in [5.41, 5.74) is 10.2. The fraction of sp³-hybridized carbons (Fsp3) is 0. The highest BCUT2D eigenvalue weighted by Gasteiger charge is 2.19. The van der Waals surface area contributed by atoms with Gasteiger partial charge in [-0.15, -0.1) is 0 Å². The lowest BCUT2D eigenvalue weighted by molar-refractivity contribution is 0.953. The predicted octanol–water partition coefficient (Wildman–Crippen LogP) is 11.0. The van der Waals surface area contributed by atoms with Crippen LogP contribution in [-0.4, -0.2) is 29.1 Å². The maximum absolute atomic E-state index is 5.18. The molecule has 0 atom stereocenters. The van der Waals surface area contributed by atoms with Crippen molar-refractivity contribution in [3.63, 3.8) is 0 Å². The van der Waals surface area contributed by atoms with Crippen molar-refractivity contribution >= 4 is 32.8 Å². The van der Waals surface area contributed by atoms with E-state index in [4.69, 9.17) is 19.9 Å². The molecule has 0 aliphatic rings. The minimum absolute atomic E-state index is 0.568. The molecule has 0 aliphatic heterocycles. The normalized spacial score (nSPS) is 11.5. The Balaban J connectivity index is 1.16. The van der Waals surface area contributed by atoms with Crippen molar-refractivity contribution in [1.82, 2.24) is 29.1 Å². The van der Waals surface area contributed by atoms with E-state index in [1.54, 1.807) is 0 Å². The summed E-state index contributed by atoms with van der Waals surface area (Å²) in [6, 6.07) is 62.6. The molecule has 10 rings (SSSR count). The molecule has 6 heteroatoms. The first-order chi connectivity index (χ1) is 25.8. The second-order valence-electron chi connectivity index (χ2n) is 12.8. The Morgan fingerprint density at radius 1 is 0.327 bits per heavy atom. The summed E-state index contributed by atoms with van der Waals surface area (Å²) in [6.45, 7) is 0. The summed E-state index contributed by atoms with van der Waals surface area (Å²) in [6.07, 6.45) is 0. The number of hydrogen-bond acceptors (Lipinski definition) is 4. The highest BCUT2D eigenvalue weighted by atomic mass is 15.2. The highest BCUT2D eigenvalue weighted by Crippen LogP contribution is 2.34. The molecular weight excluding hydrogens is 637 g/mol. The Hall–Kier alpha value is -7.18. The summed E-state index contributed by atoms with van der Waals surface area (Å²) in [5.74, 6) is 2.66. The van der Waals surface area contributed by atoms with Crippen molar-refractivity contribution in [3.05, 3.63) is 182 Å². The van der Waals surface area contributed by atoms with Crippen molar-refractivity contribution in [3.8, 4) is 56.9 Å². The van der Waals surface area contributed by atoms with E-state index in [1.807, 2.05) is 30.3 Å². The van der Waals surface area contributed by atoms with Gasteiger partial charge in [-0.1, -0.05) is 127 Å². The molecule has 0 saturated heterocycles. The molecule has 0 unspecified atom stereocenters. The SMILES string of the molecule is c1ccc(-c2cccc(-c3nc(-c4ccc(-n5c(-c6ccccc6)nc6ccccc65)cc4)nc(-n4c5ccccc5c5ccccc54)n3)c2)cc1. The number of nitrogens with zero attached hydrogens (tertiary/aromatic N) is 6. The summed E-state index contributed by atoms with van der Waals surface area (Å²) in [7, 11) is 0. The van der Waals surface area contributed by atoms with E-state index in [9.17, 15) is 0 Å². The Labute approximate surface area is 300 Å². The lowest BCUT2D eigenvalue weighted by Gasteiger charge is -2.13. The van der Waals surface area contributed by atoms with Crippen LogP contribution in [0.1, 0.15) is 0 Å². The molecule has 0 amide bonds. The van der Waals surface area contributed by atoms with E-state index in [-0.39, 0.29) is 0 Å². The minimum Gasteiger partial charge on any atom is -0.292 e. The topological polar surface area (TPSA) is 61.4 Å². The van der Waals surface area contributed by atoms with Gasteiger partial charge in [-0.3, -0.25) is 9.13 Å². The average molecular weight is 667 g/mol. The third kappa shape index (κ3) is 5.05. The molecule has 0 spiro atoms. The van der Waals surface area contributed by atoms with Crippen LogP contribution in [0.5, 0.6) is 0 Å². The van der Waals surface area contributed by atoms with Gasteiger partial charge in [0.25, 0.3) is 0 Å². The first-order valence-electron chi connectivity index (χ1n) is 17.3. The molecule has 0 aliphatic carbocycles. The molecule has 52 heavy (non-hydrogen) atoms. The van der Waals surface area contributed by atoms with E-state index in [1.165, 1.54) is 0 Å². The van der Waals surface area contributed by atoms with Crippen LogP contribution < -0.4 is 0 Å². The van der Waals surface area contributed by atoms with Gasteiger partial charge in [0.15, 0.2) is 11.6 Å². The van der Waals surface area contributed by atoms with Gasteiger partial charge in [-0.25, -0.2) is 9.97 Å². The monoisotopic (exact) mass is 666 g/mol. The molecule has 3 aromatic heterocycles. The molecule has 7 aromatic carbocycles. The van der Waals surface area contributed by atoms with Gasteiger partial charge in [0.2, 0.25) is 5.95 Å². The lowest BCUT2D eigenvalue weighted by Crippen LogP contribution is -2.06. The average Bonchev–Trinajstić information content (AvgIpc) is 3.78. The molecule has 6 nitrogen and oxygen atoms in total. The van der Waals surface area contributed by atoms with Gasteiger partial charge in [-0.05, 0) is 65.7 Å². The Bertz CT molecular complexity index is 2840. The Morgan fingerprint density at radius 3 is 1.56 bits per heavy atom. The molecule has 0 fully saturated rings. The van der Waals surface area contributed by atoms with Gasteiger partial charge in [-0.2, -0.15) is 9.97 Å². The summed E-state index contributed by atoms with van der Waals surface area (Å²) >= 11 is 0. The number of fused-ring (bicyclic) bond motifs is 4. The standard InChI is InChI=1S/C46H30N6/c1-3-14-31(15-4-1)34-18-13-19-35(30-34)44-48-43(49-46(50-44)52-40-23-10-7-20-37(40)38-21-8-11-24-41(38)52)32-26-28-36(29-27-32)51-42-25-12-9-22-39(42)47-45(51)33-16-5-2-6-17-33/h1-30H. The van der Waals surface area contributed by atoms with Crippen molar-refractivity contribution in [2.45, 2.75) is 0 Å². The molecule has 244 valence electrons. The van der Waals surface area contributed by atoms with E-state index in [2.05, 4.69) is 161 Å². The smallest absolute Gasteiger partial charge is 0.238 e. The van der Waals surface area contributed by atoms with E-state index < -0.39 is 0 Å². The number of rotatable bonds is 6. The zero-order chi connectivity index (χ0) is 34.4. The van der Waals surface area contributed by atoms with Crippen LogP contribution in [0.4, 0.5) is 0 Å². The third-order valence-corrected chi connectivity index (χ3v) is 9.61. The van der Waals surface area contributed by atoms with Gasteiger partial charge >= 0.3 is 0 Å². The highest BCUT2D eigenvalue weighted by molar-refractivity contribution is 6.09. The fourth-order valence-corrected chi connectivity index (χ4v) is 7.16. The first-order valence-corrected chi connectivity index (χ1v) is 17.3. The van der Waals surface area contributed by atoms with Crippen LogP contribution in [0.15, 0.2) is 182 Å². The maximum atomic E-state index is 5.18. The van der Waals surface area contributed by atoms with Gasteiger partial charge < -0.3 is 0 Å². The van der Waals surface area contributed by atoms with Crippen LogP contribution in [0.2, 0.25) is 0 Å². The largest absolute Gasteiger partial charge is 0.292 e. The van der Waals surface area contributed by atoms with Crippen LogP contribution in [0.3, 0.4) is 0 Å². The zero-order valence-electron chi connectivity index (χ0n) is 28.0. The molecule has 0 bridgehead atoms. The molecule has 0 saturated carbocycles. The fourth-order valence-electron chi connectivity index (χ4n) is 7.16. The number of benzene rings is 7. The second-order valence-corrected chi connectivity index (χ2v) is 12.8. The summed E-state index contributed by atoms with van der Waals surface area (Å²) < 4.78 is 4.37. The molecular formula is C46H30N6. The molecule has 0 radical (unpaired) electrons. The van der Waals surface area contributed by atoms with Crippen LogP contribution in [-0.2, 0) is 0 Å². The van der Waals surface area contributed by atoms with Gasteiger partial charge in [0.1, 0.15) is 5.82 Å². The van der Waals surface area contributed by atoms with Gasteiger partial charge in [0, 0.05) is 33.2 Å². The van der Waals surface area contributed by atoms with Crippen molar-refractivity contribution in [2.75, 3.05) is 0 Å². The number of aromatic nitrogens is 6. The van der Waals surface area contributed by atoms with Crippen LogP contribution >= 0.6 is 0 Å². The number of imidazole rings is 1. The summed E-state index contributed by atoms with van der Waals surface area (Å²) in [5, 5.41) is 2.30. The first kappa shape index (κ1) is 29.7. The molecule has 0 N–H and O–H groups in total. The minimum atomic E-state index is 0.568. The van der Waals surface area contributed by atoms with Crippen LogP contribution in [0.25, 0.3) is 89.8 Å². The number of hydrogen-bond donors (Lipinski definition) is 0. The zero-order valence-corrected chi connectivity index (χ0v) is 28.0. The Kier molecular flexibility index (Phi) is 7.03. The predicted molar refractivity (Wildman–Crippen MR) is 211 cm³/mol. The van der Waals surface area contributed by atoms with Crippen molar-refractivity contribution in [2.24, 2.45) is 0 Å². The Morgan fingerprint density at radius 2 is 0.865 bits per heavy atom. The lowest BCUT2D eigenvalue weighted by atomic mass is 10.0. The maximum Gasteiger partial charge on any atom is 0.238 e. The van der Waals surface area contributed by atoms with E-state index >= 15 is 0 Å². The van der Waals surface area contributed by atoms with Crippen LogP contribution in [0, 0.1) is 0 Å². The summed E-state index contributed by atoms with van der Waals surface area (Å²) in [4.78, 5) is 20.5. The van der Waals surface area contributed by atoms with E-state index in [0.717, 1.165) is 72.2 Å². The van der Waals surface area contributed by atoms with Crippen molar-refractivity contribution in [1.29, 1.82) is 0 Å². The second kappa shape index (κ2) is 12.3. The third-order valence-electron chi connectivity index (χ3n) is 9.61.